The van der Waals surface area contributed by atoms with Crippen LogP contribution in [0.15, 0.2) is 23.2 Å². The average Bonchev–Trinajstić information content (AvgIpc) is 2.75. The van der Waals surface area contributed by atoms with Gasteiger partial charge in [0.1, 0.15) is 0 Å². The second-order valence-electron chi connectivity index (χ2n) is 3.30. The number of nitrogens with zero attached hydrogens (tertiary/aromatic N) is 1. The van der Waals surface area contributed by atoms with Gasteiger partial charge in [0.2, 0.25) is 0 Å². The molecular weight excluding hydrogens is 212 g/mol. The van der Waals surface area contributed by atoms with Crippen LogP contribution in [0.5, 0.6) is 0 Å². The number of hydrogen-bond acceptors (Lipinski definition) is 4. The number of rotatable bonds is 3. The molecule has 0 spiro atoms. The lowest BCUT2D eigenvalue weighted by Crippen LogP contribution is -2.10. The molecule has 2 nitrogen and oxygen atoms in total. The molecule has 1 unspecified atom stereocenters. The Hall–Kier alpha value is -0.710. The molecule has 0 aliphatic rings. The lowest BCUT2D eigenvalue weighted by atomic mass is 10.1. The molecule has 0 amide bonds. The van der Waals surface area contributed by atoms with E-state index in [1.807, 2.05) is 11.7 Å². The fourth-order valence-corrected chi connectivity index (χ4v) is 2.86. The summed E-state index contributed by atoms with van der Waals surface area (Å²) < 4.78 is 0. The minimum atomic E-state index is 0.120. The third kappa shape index (κ3) is 2.20. The van der Waals surface area contributed by atoms with E-state index < -0.39 is 0 Å². The first-order valence-electron chi connectivity index (χ1n) is 4.43. The molecule has 4 heteroatoms. The lowest BCUT2D eigenvalue weighted by molar-refractivity contribution is 0.744. The molecule has 0 aliphatic heterocycles. The summed E-state index contributed by atoms with van der Waals surface area (Å²) in [4.78, 5) is 6.55. The fraction of sp³-hybridized carbons (Fsp3) is 0.300. The van der Waals surface area contributed by atoms with Crippen LogP contribution < -0.4 is 5.73 Å². The Morgan fingerprint density at radius 3 is 2.93 bits per heavy atom. The van der Waals surface area contributed by atoms with Gasteiger partial charge in [-0.3, -0.25) is 4.98 Å². The number of thiophene rings is 1. The van der Waals surface area contributed by atoms with Crippen LogP contribution in [-0.4, -0.2) is 4.98 Å². The molecule has 14 heavy (non-hydrogen) atoms. The van der Waals surface area contributed by atoms with Crippen LogP contribution in [-0.2, 0) is 6.42 Å². The SMILES string of the molecule is Cc1csc(C(N)Cc2cncs2)c1. The van der Waals surface area contributed by atoms with Gasteiger partial charge < -0.3 is 5.73 Å². The molecule has 0 saturated carbocycles. The van der Waals surface area contributed by atoms with Crippen LogP contribution in [0, 0.1) is 6.92 Å². The monoisotopic (exact) mass is 224 g/mol. The van der Waals surface area contributed by atoms with Crippen LogP contribution >= 0.6 is 22.7 Å². The zero-order chi connectivity index (χ0) is 9.97. The number of aryl methyl sites for hydroxylation is 1. The molecule has 2 aromatic heterocycles. The Morgan fingerprint density at radius 1 is 1.50 bits per heavy atom. The van der Waals surface area contributed by atoms with Crippen molar-refractivity contribution in [1.82, 2.24) is 4.98 Å². The second-order valence-corrected chi connectivity index (χ2v) is 5.22. The first-order chi connectivity index (χ1) is 6.75. The standard InChI is InChI=1S/C10H12N2S2/c1-7-2-10(13-5-7)9(11)3-8-4-12-6-14-8/h2,4-6,9H,3,11H2,1H3. The summed E-state index contributed by atoms with van der Waals surface area (Å²) in [6, 6.07) is 2.28. The van der Waals surface area contributed by atoms with Gasteiger partial charge in [-0.1, -0.05) is 0 Å². The molecule has 74 valence electrons. The summed E-state index contributed by atoms with van der Waals surface area (Å²) in [7, 11) is 0. The number of thiazole rings is 1. The smallest absolute Gasteiger partial charge is 0.0794 e. The van der Waals surface area contributed by atoms with E-state index in [1.165, 1.54) is 15.3 Å². The Morgan fingerprint density at radius 2 is 2.36 bits per heavy atom. The van der Waals surface area contributed by atoms with E-state index in [0.717, 1.165) is 6.42 Å². The zero-order valence-electron chi connectivity index (χ0n) is 7.93. The maximum absolute atomic E-state index is 6.09. The molecule has 0 fully saturated rings. The highest BCUT2D eigenvalue weighted by atomic mass is 32.1. The third-order valence-electron chi connectivity index (χ3n) is 2.02. The summed E-state index contributed by atoms with van der Waals surface area (Å²) in [5.74, 6) is 0. The minimum absolute atomic E-state index is 0.120. The van der Waals surface area contributed by atoms with Gasteiger partial charge in [0, 0.05) is 28.4 Å². The summed E-state index contributed by atoms with van der Waals surface area (Å²) in [6.07, 6.45) is 2.79. The van der Waals surface area contributed by atoms with Crippen LogP contribution in [0.25, 0.3) is 0 Å². The van der Waals surface area contributed by atoms with Gasteiger partial charge in [-0.2, -0.15) is 0 Å². The van der Waals surface area contributed by atoms with Crippen molar-refractivity contribution in [2.24, 2.45) is 5.73 Å². The molecular formula is C10H12N2S2. The maximum atomic E-state index is 6.09. The molecule has 2 N–H and O–H groups in total. The minimum Gasteiger partial charge on any atom is -0.323 e. The van der Waals surface area contributed by atoms with Gasteiger partial charge in [0.25, 0.3) is 0 Å². The normalized spacial score (nSPS) is 13.0. The van der Waals surface area contributed by atoms with Crippen molar-refractivity contribution >= 4 is 22.7 Å². The fourth-order valence-electron chi connectivity index (χ4n) is 1.31. The highest BCUT2D eigenvalue weighted by Gasteiger charge is 2.09. The first-order valence-corrected chi connectivity index (χ1v) is 6.19. The van der Waals surface area contributed by atoms with E-state index in [0.29, 0.717) is 0 Å². The number of nitrogens with two attached hydrogens (primary N) is 1. The molecule has 2 aromatic rings. The highest BCUT2D eigenvalue weighted by Crippen LogP contribution is 2.23. The van der Waals surface area contributed by atoms with Crippen LogP contribution in [0.3, 0.4) is 0 Å². The van der Waals surface area contributed by atoms with Crippen molar-refractivity contribution in [2.45, 2.75) is 19.4 Å². The van der Waals surface area contributed by atoms with Crippen LogP contribution in [0.2, 0.25) is 0 Å². The Labute approximate surface area is 91.4 Å². The van der Waals surface area contributed by atoms with Crippen molar-refractivity contribution in [3.8, 4) is 0 Å². The van der Waals surface area contributed by atoms with E-state index in [-0.39, 0.29) is 6.04 Å². The Kier molecular flexibility index (Phi) is 2.96. The van der Waals surface area contributed by atoms with E-state index in [1.54, 1.807) is 22.7 Å². The van der Waals surface area contributed by atoms with Crippen molar-refractivity contribution in [1.29, 1.82) is 0 Å². The number of hydrogen-bond donors (Lipinski definition) is 1. The molecule has 2 heterocycles. The van der Waals surface area contributed by atoms with Gasteiger partial charge in [0.15, 0.2) is 0 Å². The molecule has 0 saturated heterocycles. The highest BCUT2D eigenvalue weighted by molar-refractivity contribution is 7.10. The van der Waals surface area contributed by atoms with E-state index >= 15 is 0 Å². The van der Waals surface area contributed by atoms with Gasteiger partial charge in [-0.25, -0.2) is 0 Å². The Balaban J connectivity index is 2.06. The first kappa shape index (κ1) is 9.83. The van der Waals surface area contributed by atoms with Crippen molar-refractivity contribution < 1.29 is 0 Å². The summed E-state index contributed by atoms with van der Waals surface area (Å²) in [5, 5.41) is 2.14. The Bertz CT molecular complexity index is 392. The predicted octanol–water partition coefficient (Wildman–Crippen LogP) is 2.76. The van der Waals surface area contributed by atoms with E-state index in [4.69, 9.17) is 5.73 Å². The van der Waals surface area contributed by atoms with Crippen molar-refractivity contribution in [3.63, 3.8) is 0 Å². The number of aromatic nitrogens is 1. The molecule has 2 rings (SSSR count). The van der Waals surface area contributed by atoms with Crippen LogP contribution in [0.4, 0.5) is 0 Å². The predicted molar refractivity (Wildman–Crippen MR) is 61.8 cm³/mol. The van der Waals surface area contributed by atoms with Crippen LogP contribution in [0.1, 0.15) is 21.4 Å². The molecule has 0 aromatic carbocycles. The van der Waals surface area contributed by atoms with Crippen molar-refractivity contribution in [3.05, 3.63) is 38.5 Å². The summed E-state index contributed by atoms with van der Waals surface area (Å²) in [6.45, 7) is 2.10. The summed E-state index contributed by atoms with van der Waals surface area (Å²) in [5.41, 5.74) is 9.23. The molecule has 0 aliphatic carbocycles. The topological polar surface area (TPSA) is 38.9 Å². The van der Waals surface area contributed by atoms with Gasteiger partial charge in [-0.05, 0) is 23.9 Å². The second kappa shape index (κ2) is 4.21. The van der Waals surface area contributed by atoms with E-state index in [9.17, 15) is 0 Å². The molecule has 0 bridgehead atoms. The quantitative estimate of drug-likeness (QED) is 0.870. The van der Waals surface area contributed by atoms with Gasteiger partial charge >= 0.3 is 0 Å². The third-order valence-corrected chi connectivity index (χ3v) is 4.01. The largest absolute Gasteiger partial charge is 0.323 e. The zero-order valence-corrected chi connectivity index (χ0v) is 9.57. The summed E-state index contributed by atoms with van der Waals surface area (Å²) >= 11 is 3.40. The maximum Gasteiger partial charge on any atom is 0.0794 e. The van der Waals surface area contributed by atoms with Gasteiger partial charge in [-0.15, -0.1) is 22.7 Å². The van der Waals surface area contributed by atoms with E-state index in [2.05, 4.69) is 23.4 Å². The molecule has 1 atom stereocenters. The van der Waals surface area contributed by atoms with Crippen molar-refractivity contribution in [2.75, 3.05) is 0 Å². The van der Waals surface area contributed by atoms with Gasteiger partial charge in [0.05, 0.1) is 5.51 Å². The molecule has 0 radical (unpaired) electrons. The lowest BCUT2D eigenvalue weighted by Gasteiger charge is -2.06. The average molecular weight is 224 g/mol.